The molecule has 0 saturated heterocycles. The third kappa shape index (κ3) is 4.86. The summed E-state index contributed by atoms with van der Waals surface area (Å²) in [7, 11) is 0. The molecule has 0 unspecified atom stereocenters. The van der Waals surface area contributed by atoms with Crippen LogP contribution in [0, 0.1) is 11.6 Å². The molecule has 6 nitrogen and oxygen atoms in total. The fraction of sp³-hybridized carbons (Fsp3) is 0.211. The van der Waals surface area contributed by atoms with Crippen LogP contribution in [-0.4, -0.2) is 36.7 Å². The average molecular weight is 406 g/mol. The summed E-state index contributed by atoms with van der Waals surface area (Å²) in [5, 5.41) is 2.13. The van der Waals surface area contributed by atoms with Crippen LogP contribution in [0.1, 0.15) is 6.42 Å². The van der Waals surface area contributed by atoms with E-state index in [1.807, 2.05) is 12.1 Å². The molecule has 1 N–H and O–H groups in total. The van der Waals surface area contributed by atoms with Crippen LogP contribution >= 0.6 is 11.8 Å². The lowest BCUT2D eigenvalue weighted by atomic mass is 10.2. The van der Waals surface area contributed by atoms with Crippen molar-refractivity contribution in [2.75, 3.05) is 29.1 Å². The SMILES string of the molecule is O=C(COC(=O)CCN1C(=O)CSc2ccccc21)Nc1cc(F)ccc1F. The van der Waals surface area contributed by atoms with Gasteiger partial charge in [0.15, 0.2) is 6.61 Å². The number of carbonyl (C=O) groups is 3. The van der Waals surface area contributed by atoms with Crippen molar-refractivity contribution in [3.05, 3.63) is 54.1 Å². The number of halogens is 2. The monoisotopic (exact) mass is 406 g/mol. The van der Waals surface area contributed by atoms with Gasteiger partial charge in [-0.15, -0.1) is 11.8 Å². The number of ether oxygens (including phenoxy) is 1. The van der Waals surface area contributed by atoms with Gasteiger partial charge in [0.25, 0.3) is 5.91 Å². The van der Waals surface area contributed by atoms with Gasteiger partial charge in [-0.05, 0) is 24.3 Å². The predicted octanol–water partition coefficient (Wildman–Crippen LogP) is 2.98. The predicted molar refractivity (Wildman–Crippen MR) is 100 cm³/mol. The molecule has 0 aliphatic carbocycles. The summed E-state index contributed by atoms with van der Waals surface area (Å²) in [5.74, 6) is -2.82. The Balaban J connectivity index is 1.49. The van der Waals surface area contributed by atoms with Crippen molar-refractivity contribution in [2.45, 2.75) is 11.3 Å². The number of hydrogen-bond acceptors (Lipinski definition) is 5. The summed E-state index contributed by atoms with van der Waals surface area (Å²) in [4.78, 5) is 38.2. The molecule has 28 heavy (non-hydrogen) atoms. The van der Waals surface area contributed by atoms with E-state index in [0.717, 1.165) is 28.8 Å². The average Bonchev–Trinajstić information content (AvgIpc) is 2.68. The Hall–Kier alpha value is -2.94. The lowest BCUT2D eigenvalue weighted by Crippen LogP contribution is -2.37. The van der Waals surface area contributed by atoms with Crippen LogP contribution < -0.4 is 10.2 Å². The summed E-state index contributed by atoms with van der Waals surface area (Å²) < 4.78 is 31.4. The fourth-order valence-corrected chi connectivity index (χ4v) is 3.54. The minimum Gasteiger partial charge on any atom is -0.456 e. The summed E-state index contributed by atoms with van der Waals surface area (Å²) in [6.07, 6.45) is -0.105. The van der Waals surface area contributed by atoms with Crippen LogP contribution in [0.4, 0.5) is 20.2 Å². The Morgan fingerprint density at radius 2 is 1.96 bits per heavy atom. The standard InChI is InChI=1S/C19H16F2N2O4S/c20-12-5-6-13(21)14(9-12)22-17(24)10-27-19(26)7-8-23-15-3-1-2-4-16(15)28-11-18(23)25/h1-6,9H,7-8,10-11H2,(H,22,24). The molecule has 146 valence electrons. The van der Waals surface area contributed by atoms with Crippen molar-refractivity contribution in [3.63, 3.8) is 0 Å². The van der Waals surface area contributed by atoms with E-state index in [9.17, 15) is 23.2 Å². The quantitative estimate of drug-likeness (QED) is 0.747. The lowest BCUT2D eigenvalue weighted by molar-refractivity contribution is -0.147. The van der Waals surface area contributed by atoms with Crippen LogP contribution in [0.15, 0.2) is 47.4 Å². The number of nitrogens with one attached hydrogen (secondary N) is 1. The number of carbonyl (C=O) groups excluding carboxylic acids is 3. The van der Waals surface area contributed by atoms with Gasteiger partial charge >= 0.3 is 5.97 Å². The van der Waals surface area contributed by atoms with Gasteiger partial charge in [0.05, 0.1) is 23.5 Å². The van der Waals surface area contributed by atoms with Crippen molar-refractivity contribution < 1.29 is 27.9 Å². The molecule has 2 aromatic rings. The van der Waals surface area contributed by atoms with Gasteiger partial charge in [-0.3, -0.25) is 14.4 Å². The van der Waals surface area contributed by atoms with E-state index in [2.05, 4.69) is 5.32 Å². The van der Waals surface area contributed by atoms with E-state index >= 15 is 0 Å². The van der Waals surface area contributed by atoms with Gasteiger partial charge in [0.1, 0.15) is 11.6 Å². The molecule has 3 rings (SSSR count). The number of rotatable bonds is 6. The molecular formula is C19H16F2N2O4S. The van der Waals surface area contributed by atoms with Crippen molar-refractivity contribution in [1.82, 2.24) is 0 Å². The highest BCUT2D eigenvalue weighted by Crippen LogP contribution is 2.34. The summed E-state index contributed by atoms with van der Waals surface area (Å²) in [6, 6.07) is 9.99. The molecule has 0 radical (unpaired) electrons. The minimum absolute atomic E-state index is 0.105. The molecule has 0 fully saturated rings. The van der Waals surface area contributed by atoms with E-state index in [-0.39, 0.29) is 30.3 Å². The van der Waals surface area contributed by atoms with Crippen LogP contribution in [0.25, 0.3) is 0 Å². The van der Waals surface area contributed by atoms with Crippen LogP contribution in [0.5, 0.6) is 0 Å². The molecule has 0 atom stereocenters. The minimum atomic E-state index is -0.804. The zero-order valence-corrected chi connectivity index (χ0v) is 15.4. The maximum atomic E-state index is 13.5. The number of nitrogens with zero attached hydrogens (tertiary/aromatic N) is 1. The zero-order chi connectivity index (χ0) is 20.1. The lowest BCUT2D eigenvalue weighted by Gasteiger charge is -2.28. The largest absolute Gasteiger partial charge is 0.456 e. The van der Waals surface area contributed by atoms with E-state index in [1.165, 1.54) is 16.7 Å². The van der Waals surface area contributed by atoms with E-state index in [1.54, 1.807) is 12.1 Å². The van der Waals surface area contributed by atoms with Gasteiger partial charge in [-0.25, -0.2) is 8.78 Å². The Morgan fingerprint density at radius 1 is 1.18 bits per heavy atom. The molecule has 1 aliphatic rings. The highest BCUT2D eigenvalue weighted by molar-refractivity contribution is 8.00. The molecule has 1 aliphatic heterocycles. The van der Waals surface area contributed by atoms with E-state index in [4.69, 9.17) is 4.74 Å². The molecule has 2 amide bonds. The normalized spacial score (nSPS) is 13.1. The highest BCUT2D eigenvalue weighted by Gasteiger charge is 2.25. The maximum absolute atomic E-state index is 13.5. The molecular weight excluding hydrogens is 390 g/mol. The zero-order valence-electron chi connectivity index (χ0n) is 14.6. The second kappa shape index (κ2) is 8.83. The van der Waals surface area contributed by atoms with Crippen LogP contribution in [-0.2, 0) is 19.1 Å². The Morgan fingerprint density at radius 3 is 2.79 bits per heavy atom. The number of hydrogen-bond donors (Lipinski definition) is 1. The number of fused-ring (bicyclic) bond motifs is 1. The first-order valence-corrected chi connectivity index (χ1v) is 9.35. The van der Waals surface area contributed by atoms with Gasteiger partial charge < -0.3 is 15.0 Å². The Kier molecular flexibility index (Phi) is 6.25. The number of para-hydroxylation sites is 1. The van der Waals surface area contributed by atoms with Gasteiger partial charge in [0.2, 0.25) is 5.91 Å². The second-order valence-corrected chi connectivity index (χ2v) is 6.90. The fourth-order valence-electron chi connectivity index (χ4n) is 2.60. The first-order chi connectivity index (χ1) is 13.4. The first kappa shape index (κ1) is 19.8. The second-order valence-electron chi connectivity index (χ2n) is 5.88. The molecule has 0 aromatic heterocycles. The van der Waals surface area contributed by atoms with Crippen LogP contribution in [0.2, 0.25) is 0 Å². The third-order valence-corrected chi connectivity index (χ3v) is 4.96. The number of esters is 1. The topological polar surface area (TPSA) is 75.7 Å². The van der Waals surface area contributed by atoms with Crippen molar-refractivity contribution >= 4 is 40.9 Å². The number of anilines is 2. The van der Waals surface area contributed by atoms with Crippen molar-refractivity contribution in [3.8, 4) is 0 Å². The van der Waals surface area contributed by atoms with Gasteiger partial charge in [-0.2, -0.15) is 0 Å². The molecule has 9 heteroatoms. The van der Waals surface area contributed by atoms with Crippen LogP contribution in [0.3, 0.4) is 0 Å². The summed E-state index contributed by atoms with van der Waals surface area (Å²) in [5.41, 5.74) is 0.393. The molecule has 1 heterocycles. The third-order valence-electron chi connectivity index (χ3n) is 3.91. The number of amides is 2. The van der Waals surface area contributed by atoms with Crippen molar-refractivity contribution in [1.29, 1.82) is 0 Å². The van der Waals surface area contributed by atoms with E-state index in [0.29, 0.717) is 0 Å². The first-order valence-electron chi connectivity index (χ1n) is 8.37. The van der Waals surface area contributed by atoms with Crippen molar-refractivity contribution in [2.24, 2.45) is 0 Å². The summed E-state index contributed by atoms with van der Waals surface area (Å²) >= 11 is 1.43. The Labute approximate surface area is 163 Å². The maximum Gasteiger partial charge on any atom is 0.308 e. The van der Waals surface area contributed by atoms with Gasteiger partial charge in [0, 0.05) is 17.5 Å². The Bertz CT molecular complexity index is 923. The van der Waals surface area contributed by atoms with E-state index < -0.39 is 30.1 Å². The molecule has 0 spiro atoms. The molecule has 0 bridgehead atoms. The summed E-state index contributed by atoms with van der Waals surface area (Å²) in [6.45, 7) is -0.523. The number of benzene rings is 2. The number of thioether (sulfide) groups is 1. The molecule has 2 aromatic carbocycles. The smallest absolute Gasteiger partial charge is 0.308 e. The van der Waals surface area contributed by atoms with Gasteiger partial charge in [-0.1, -0.05) is 12.1 Å². The highest BCUT2D eigenvalue weighted by atomic mass is 32.2. The molecule has 0 saturated carbocycles.